The zero-order valence-electron chi connectivity index (χ0n) is 3.94. The highest BCUT2D eigenvalue weighted by atomic mass is 32.1. The fourth-order valence-corrected chi connectivity index (χ4v) is 0.566. The molecular weight excluding hydrogens is 110 g/mol. The average Bonchev–Trinajstić information content (AvgIpc) is 1.87. The van der Waals surface area contributed by atoms with Gasteiger partial charge in [-0.2, -0.15) is 0 Å². The van der Waals surface area contributed by atoms with E-state index in [0.29, 0.717) is 0 Å². The third-order valence-electron chi connectivity index (χ3n) is 0.637. The van der Waals surface area contributed by atoms with Crippen molar-refractivity contribution < 1.29 is 4.57 Å². The lowest BCUT2D eigenvalue weighted by Gasteiger charge is -1.68. The molecule has 3 nitrogen and oxygen atoms in total. The smallest absolute Gasteiger partial charge is 0.239 e. The van der Waals surface area contributed by atoms with Gasteiger partial charge < -0.3 is 0 Å². The number of rotatable bonds is 0. The largest absolute Gasteiger partial charge is 0.266 e. The summed E-state index contributed by atoms with van der Waals surface area (Å²) in [5.74, 6) is 0. The summed E-state index contributed by atoms with van der Waals surface area (Å²) in [7, 11) is 1.89. The molecule has 0 atom stereocenters. The summed E-state index contributed by atoms with van der Waals surface area (Å²) >= 11 is 3.89. The van der Waals surface area contributed by atoms with Crippen molar-refractivity contribution in [1.82, 2.24) is 9.19 Å². The highest BCUT2D eigenvalue weighted by Gasteiger charge is 1.91. The Hall–Kier alpha value is -0.510. The third-order valence-corrected chi connectivity index (χ3v) is 0.844. The molecule has 0 amide bonds. The SMILES string of the molecule is C[n+]1cnn(S)c1. The number of hydrogen-bond acceptors (Lipinski definition) is 2. The topological polar surface area (TPSA) is 21.7 Å². The zero-order valence-corrected chi connectivity index (χ0v) is 4.84. The first-order valence-corrected chi connectivity index (χ1v) is 2.28. The summed E-state index contributed by atoms with van der Waals surface area (Å²) in [6, 6.07) is 0. The second-order valence-electron chi connectivity index (χ2n) is 1.33. The van der Waals surface area contributed by atoms with Gasteiger partial charge in [0.05, 0.1) is 19.9 Å². The van der Waals surface area contributed by atoms with E-state index < -0.39 is 0 Å². The molecule has 4 heteroatoms. The summed E-state index contributed by atoms with van der Waals surface area (Å²) in [4.78, 5) is 0. The predicted octanol–water partition coefficient (Wildman–Crippen LogP) is -0.600. The molecule has 0 fully saturated rings. The quantitative estimate of drug-likeness (QED) is 0.355. The van der Waals surface area contributed by atoms with Crippen LogP contribution in [-0.4, -0.2) is 9.19 Å². The van der Waals surface area contributed by atoms with Gasteiger partial charge in [-0.3, -0.25) is 0 Å². The van der Waals surface area contributed by atoms with Crippen LogP contribution in [0.15, 0.2) is 12.7 Å². The monoisotopic (exact) mass is 116 g/mol. The first-order valence-electron chi connectivity index (χ1n) is 1.88. The van der Waals surface area contributed by atoms with Crippen molar-refractivity contribution in [2.24, 2.45) is 7.05 Å². The maximum atomic E-state index is 3.89. The van der Waals surface area contributed by atoms with Gasteiger partial charge >= 0.3 is 0 Å². The van der Waals surface area contributed by atoms with E-state index >= 15 is 0 Å². The molecule has 0 bridgehead atoms. The molecular formula is C3H6N3S+. The van der Waals surface area contributed by atoms with E-state index in [2.05, 4.69) is 17.9 Å². The van der Waals surface area contributed by atoms with Crippen LogP contribution in [0.25, 0.3) is 0 Å². The third kappa shape index (κ3) is 0.928. The van der Waals surface area contributed by atoms with E-state index in [1.54, 1.807) is 12.7 Å². The summed E-state index contributed by atoms with van der Waals surface area (Å²) in [6.45, 7) is 0. The van der Waals surface area contributed by atoms with Gasteiger partial charge in [0.2, 0.25) is 6.33 Å². The Labute approximate surface area is 47.1 Å². The van der Waals surface area contributed by atoms with Gasteiger partial charge in [-0.1, -0.05) is 4.09 Å². The summed E-state index contributed by atoms with van der Waals surface area (Å²) in [5.41, 5.74) is 0. The van der Waals surface area contributed by atoms with E-state index in [1.807, 2.05) is 11.6 Å². The molecule has 38 valence electrons. The van der Waals surface area contributed by atoms with Crippen LogP contribution in [0.3, 0.4) is 0 Å². The molecule has 0 radical (unpaired) electrons. The van der Waals surface area contributed by atoms with Crippen LogP contribution in [0.5, 0.6) is 0 Å². The van der Waals surface area contributed by atoms with E-state index in [4.69, 9.17) is 0 Å². The van der Waals surface area contributed by atoms with Crippen molar-refractivity contribution in [3.63, 3.8) is 0 Å². The molecule has 0 saturated carbocycles. The van der Waals surface area contributed by atoms with E-state index in [0.717, 1.165) is 0 Å². The molecule has 0 aliphatic heterocycles. The molecule has 1 heterocycles. The fraction of sp³-hybridized carbons (Fsp3) is 0.333. The molecule has 0 spiro atoms. The van der Waals surface area contributed by atoms with Crippen LogP contribution in [0.4, 0.5) is 0 Å². The van der Waals surface area contributed by atoms with Crippen LogP contribution in [-0.2, 0) is 7.05 Å². The van der Waals surface area contributed by atoms with E-state index in [-0.39, 0.29) is 0 Å². The summed E-state index contributed by atoms with van der Waals surface area (Å²) in [6.07, 6.45) is 3.43. The predicted molar refractivity (Wildman–Crippen MR) is 27.8 cm³/mol. The minimum atomic E-state index is 1.44. The number of thiol groups is 1. The maximum absolute atomic E-state index is 3.89. The molecule has 0 N–H and O–H groups in total. The minimum absolute atomic E-state index is 1.44. The van der Waals surface area contributed by atoms with Gasteiger partial charge in [0.1, 0.15) is 0 Å². The number of aryl methyl sites for hydroxylation is 1. The summed E-state index contributed by atoms with van der Waals surface area (Å²) < 4.78 is 3.26. The standard InChI is InChI=1S/C3H6N3S/c1-5-2-4-6(7)3-5/h2-3,7H,1H3/q+1. The molecule has 1 rings (SSSR count). The Kier molecular flexibility index (Phi) is 1.02. The van der Waals surface area contributed by atoms with Crippen molar-refractivity contribution in [2.75, 3.05) is 0 Å². The fourth-order valence-electron chi connectivity index (χ4n) is 0.357. The molecule has 1 aromatic heterocycles. The Morgan fingerprint density at radius 2 is 2.57 bits per heavy atom. The first kappa shape index (κ1) is 4.64. The van der Waals surface area contributed by atoms with Gasteiger partial charge in [-0.15, -0.1) is 0 Å². The second-order valence-corrected chi connectivity index (χ2v) is 1.74. The molecule has 0 saturated heterocycles. The Balaban J connectivity index is 3.04. The number of aromatic nitrogens is 3. The van der Waals surface area contributed by atoms with Gasteiger partial charge in [-0.25, -0.2) is 4.57 Å². The lowest BCUT2D eigenvalue weighted by molar-refractivity contribution is -0.671. The zero-order chi connectivity index (χ0) is 5.28. The van der Waals surface area contributed by atoms with Gasteiger partial charge in [0, 0.05) is 5.10 Å². The molecule has 1 aromatic rings. The number of nitrogens with zero attached hydrogens (tertiary/aromatic N) is 3. The van der Waals surface area contributed by atoms with Gasteiger partial charge in [0.25, 0.3) is 6.33 Å². The molecule has 0 aromatic carbocycles. The second kappa shape index (κ2) is 1.54. The average molecular weight is 116 g/mol. The summed E-state index contributed by atoms with van der Waals surface area (Å²) in [5, 5.41) is 3.76. The minimum Gasteiger partial charge on any atom is -0.239 e. The van der Waals surface area contributed by atoms with Gasteiger partial charge in [-0.05, 0) is 0 Å². The molecule has 7 heavy (non-hydrogen) atoms. The maximum Gasteiger partial charge on any atom is 0.266 e. The first-order chi connectivity index (χ1) is 3.29. The van der Waals surface area contributed by atoms with Crippen molar-refractivity contribution in [3.05, 3.63) is 12.7 Å². The van der Waals surface area contributed by atoms with Crippen LogP contribution >= 0.6 is 12.8 Å². The van der Waals surface area contributed by atoms with Crippen molar-refractivity contribution in [3.8, 4) is 0 Å². The number of hydrogen-bond donors (Lipinski definition) is 1. The molecule has 0 aliphatic carbocycles. The van der Waals surface area contributed by atoms with E-state index in [9.17, 15) is 0 Å². The normalized spacial score (nSPS) is 9.43. The Bertz CT molecular complexity index is 142. The lowest BCUT2D eigenvalue weighted by atomic mass is 11.1. The highest BCUT2D eigenvalue weighted by Crippen LogP contribution is 1.73. The van der Waals surface area contributed by atoms with Crippen LogP contribution in [0.1, 0.15) is 0 Å². The molecule has 0 aliphatic rings. The van der Waals surface area contributed by atoms with E-state index in [1.165, 1.54) is 4.09 Å². The van der Waals surface area contributed by atoms with Gasteiger partial charge in [0.15, 0.2) is 0 Å². The molecule has 0 unspecified atom stereocenters. The van der Waals surface area contributed by atoms with Crippen LogP contribution in [0.2, 0.25) is 0 Å². The van der Waals surface area contributed by atoms with Crippen molar-refractivity contribution in [1.29, 1.82) is 0 Å². The Morgan fingerprint density at radius 1 is 1.86 bits per heavy atom. The Morgan fingerprint density at radius 3 is 2.71 bits per heavy atom. The van der Waals surface area contributed by atoms with Crippen molar-refractivity contribution in [2.45, 2.75) is 0 Å². The van der Waals surface area contributed by atoms with Crippen LogP contribution < -0.4 is 4.57 Å². The lowest BCUT2D eigenvalue weighted by Crippen LogP contribution is -2.23. The highest BCUT2D eigenvalue weighted by molar-refractivity contribution is 7.78. The van der Waals surface area contributed by atoms with Crippen molar-refractivity contribution >= 4 is 12.8 Å². The van der Waals surface area contributed by atoms with Crippen LogP contribution in [0, 0.1) is 0 Å².